The zero-order valence-corrected chi connectivity index (χ0v) is 12.9. The molecule has 0 fully saturated rings. The highest BCUT2D eigenvalue weighted by atomic mass is 35.5. The van der Waals surface area contributed by atoms with Gasteiger partial charge >= 0.3 is 0 Å². The number of hydrogen-bond acceptors (Lipinski definition) is 4. The number of hydrogen-bond donors (Lipinski definition) is 0. The van der Waals surface area contributed by atoms with E-state index in [4.69, 9.17) is 21.3 Å². The Morgan fingerprint density at radius 2 is 2.14 bits per heavy atom. The number of furan rings is 1. The van der Waals surface area contributed by atoms with Gasteiger partial charge in [0.25, 0.3) is 0 Å². The molecule has 5 nitrogen and oxygen atoms in total. The van der Waals surface area contributed by atoms with Gasteiger partial charge in [-0.15, -0.1) is 0 Å². The molecule has 0 saturated heterocycles. The third-order valence-corrected chi connectivity index (χ3v) is 5.35. The lowest BCUT2D eigenvalue weighted by molar-refractivity contribution is 0.375. The van der Waals surface area contributed by atoms with Gasteiger partial charge in [0.05, 0.1) is 29.5 Å². The monoisotopic (exact) mass is 324 g/mol. The van der Waals surface area contributed by atoms with Crippen molar-refractivity contribution < 1.29 is 12.8 Å². The lowest BCUT2D eigenvalue weighted by Crippen LogP contribution is -2.30. The van der Waals surface area contributed by atoms with Crippen LogP contribution >= 0.6 is 11.6 Å². The Kier molecular flexibility index (Phi) is 4.68. The Morgan fingerprint density at radius 3 is 2.67 bits per heavy atom. The van der Waals surface area contributed by atoms with Gasteiger partial charge in [-0.3, -0.25) is 0 Å². The van der Waals surface area contributed by atoms with E-state index in [1.165, 1.54) is 28.8 Å². The minimum absolute atomic E-state index is 0.0171. The Bertz CT molecular complexity index is 764. The van der Waals surface area contributed by atoms with E-state index in [-0.39, 0.29) is 23.0 Å². The third-order valence-electron chi connectivity index (χ3n) is 2.94. The summed E-state index contributed by atoms with van der Waals surface area (Å²) in [5.41, 5.74) is 0.313. The van der Waals surface area contributed by atoms with E-state index in [1.54, 1.807) is 19.1 Å². The lowest BCUT2D eigenvalue weighted by Gasteiger charge is -2.20. The normalized spacial score (nSPS) is 11.5. The summed E-state index contributed by atoms with van der Waals surface area (Å²) in [6.07, 6.45) is 1.49. The second-order valence-corrected chi connectivity index (χ2v) is 6.58. The van der Waals surface area contributed by atoms with Gasteiger partial charge in [0.15, 0.2) is 0 Å². The van der Waals surface area contributed by atoms with Crippen LogP contribution in [-0.2, 0) is 16.6 Å². The van der Waals surface area contributed by atoms with Crippen molar-refractivity contribution in [2.24, 2.45) is 0 Å². The summed E-state index contributed by atoms with van der Waals surface area (Å²) in [6, 6.07) is 9.44. The van der Waals surface area contributed by atoms with Crippen molar-refractivity contribution >= 4 is 21.6 Å². The highest BCUT2D eigenvalue weighted by Crippen LogP contribution is 2.26. The second kappa shape index (κ2) is 6.31. The fourth-order valence-corrected chi connectivity index (χ4v) is 3.80. The first kappa shape index (κ1) is 15.6. The Balaban J connectivity index is 2.38. The van der Waals surface area contributed by atoms with E-state index in [0.29, 0.717) is 11.3 Å². The minimum atomic E-state index is -3.75. The number of nitrogens with zero attached hydrogens (tertiary/aromatic N) is 2. The molecule has 0 atom stereocenters. The predicted molar refractivity (Wildman–Crippen MR) is 78.1 cm³/mol. The van der Waals surface area contributed by atoms with Crippen molar-refractivity contribution in [2.45, 2.75) is 18.4 Å². The second-order valence-electron chi connectivity index (χ2n) is 4.27. The molecule has 0 amide bonds. The average molecular weight is 325 g/mol. The van der Waals surface area contributed by atoms with Gasteiger partial charge in [-0.2, -0.15) is 9.57 Å². The fraction of sp³-hybridized carbons (Fsp3) is 0.214. The van der Waals surface area contributed by atoms with Crippen molar-refractivity contribution in [3.63, 3.8) is 0 Å². The van der Waals surface area contributed by atoms with Gasteiger partial charge < -0.3 is 4.42 Å². The van der Waals surface area contributed by atoms with E-state index in [1.807, 2.05) is 6.07 Å². The molecular weight excluding hydrogens is 312 g/mol. The third kappa shape index (κ3) is 3.27. The minimum Gasteiger partial charge on any atom is -0.468 e. The molecule has 0 radical (unpaired) electrons. The quantitative estimate of drug-likeness (QED) is 0.847. The average Bonchev–Trinajstić information content (AvgIpc) is 2.97. The molecule has 0 aliphatic heterocycles. The van der Waals surface area contributed by atoms with Crippen LogP contribution in [-0.4, -0.2) is 19.3 Å². The van der Waals surface area contributed by atoms with E-state index in [9.17, 15) is 8.42 Å². The molecule has 0 unspecified atom stereocenters. The van der Waals surface area contributed by atoms with Crippen LogP contribution in [0.4, 0.5) is 0 Å². The topological polar surface area (TPSA) is 74.3 Å². The summed E-state index contributed by atoms with van der Waals surface area (Å²) >= 11 is 6.00. The molecule has 7 heteroatoms. The van der Waals surface area contributed by atoms with E-state index in [2.05, 4.69) is 0 Å². The van der Waals surface area contributed by atoms with Crippen molar-refractivity contribution in [2.75, 3.05) is 6.54 Å². The summed E-state index contributed by atoms with van der Waals surface area (Å²) in [7, 11) is -3.75. The van der Waals surface area contributed by atoms with Crippen LogP contribution in [0.1, 0.15) is 18.2 Å². The van der Waals surface area contributed by atoms with Crippen molar-refractivity contribution in [1.82, 2.24) is 4.31 Å². The first-order valence-corrected chi connectivity index (χ1v) is 8.03. The number of halogens is 1. The van der Waals surface area contributed by atoms with Gasteiger partial charge in [-0.1, -0.05) is 18.5 Å². The zero-order valence-electron chi connectivity index (χ0n) is 11.3. The van der Waals surface area contributed by atoms with Gasteiger partial charge in [-0.25, -0.2) is 8.42 Å². The van der Waals surface area contributed by atoms with Crippen LogP contribution in [0.15, 0.2) is 45.9 Å². The van der Waals surface area contributed by atoms with Gasteiger partial charge in [0.2, 0.25) is 10.0 Å². The molecule has 0 bridgehead atoms. The van der Waals surface area contributed by atoms with E-state index < -0.39 is 10.0 Å². The van der Waals surface area contributed by atoms with Crippen LogP contribution in [0.3, 0.4) is 0 Å². The summed E-state index contributed by atoms with van der Waals surface area (Å²) < 4.78 is 31.7. The molecule has 1 heterocycles. The molecule has 2 aromatic rings. The van der Waals surface area contributed by atoms with Crippen molar-refractivity contribution in [3.8, 4) is 6.07 Å². The van der Waals surface area contributed by atoms with Crippen LogP contribution in [0, 0.1) is 11.3 Å². The molecular formula is C14H13ClN2O3S. The Morgan fingerprint density at radius 1 is 1.38 bits per heavy atom. The molecule has 0 spiro atoms. The SMILES string of the molecule is CCN(Cc1ccco1)S(=O)(=O)c1ccc(C#N)cc1Cl. The molecule has 1 aromatic carbocycles. The molecule has 1 aromatic heterocycles. The number of rotatable bonds is 5. The lowest BCUT2D eigenvalue weighted by atomic mass is 10.2. The number of sulfonamides is 1. The highest BCUT2D eigenvalue weighted by Gasteiger charge is 2.26. The maximum atomic E-state index is 12.6. The molecule has 110 valence electrons. The molecule has 0 saturated carbocycles. The van der Waals surface area contributed by atoms with E-state index in [0.717, 1.165) is 0 Å². The summed E-state index contributed by atoms with van der Waals surface area (Å²) in [4.78, 5) is -0.0171. The molecule has 0 aliphatic rings. The van der Waals surface area contributed by atoms with Crippen molar-refractivity contribution in [3.05, 3.63) is 52.9 Å². The standard InChI is InChI=1S/C14H13ClN2O3S/c1-2-17(10-12-4-3-7-20-12)21(18,19)14-6-5-11(9-16)8-13(14)15/h3-8H,2,10H2,1H3. The smallest absolute Gasteiger partial charge is 0.244 e. The summed E-state index contributed by atoms with van der Waals surface area (Å²) in [5, 5.41) is 8.84. The largest absolute Gasteiger partial charge is 0.468 e. The number of benzene rings is 1. The van der Waals surface area contributed by atoms with Crippen LogP contribution in [0.25, 0.3) is 0 Å². The predicted octanol–water partition coefficient (Wildman–Crippen LogP) is 3.02. The number of nitriles is 1. The van der Waals surface area contributed by atoms with Gasteiger partial charge in [0, 0.05) is 6.54 Å². The molecule has 21 heavy (non-hydrogen) atoms. The first-order valence-electron chi connectivity index (χ1n) is 6.21. The Hall–Kier alpha value is -1.81. The molecule has 0 N–H and O–H groups in total. The van der Waals surface area contributed by atoms with Crippen LogP contribution in [0.5, 0.6) is 0 Å². The summed E-state index contributed by atoms with van der Waals surface area (Å²) in [6.45, 7) is 2.14. The van der Waals surface area contributed by atoms with Gasteiger partial charge in [-0.05, 0) is 30.3 Å². The molecule has 2 rings (SSSR count). The van der Waals surface area contributed by atoms with E-state index >= 15 is 0 Å². The first-order chi connectivity index (χ1) is 9.98. The zero-order chi connectivity index (χ0) is 15.5. The maximum Gasteiger partial charge on any atom is 0.244 e. The Labute approximate surface area is 128 Å². The molecule has 0 aliphatic carbocycles. The van der Waals surface area contributed by atoms with Gasteiger partial charge in [0.1, 0.15) is 10.7 Å². The van der Waals surface area contributed by atoms with Crippen molar-refractivity contribution in [1.29, 1.82) is 5.26 Å². The summed E-state index contributed by atoms with van der Waals surface area (Å²) in [5.74, 6) is 0.546. The highest BCUT2D eigenvalue weighted by molar-refractivity contribution is 7.89. The van der Waals surface area contributed by atoms with Crippen LogP contribution in [0.2, 0.25) is 5.02 Å². The van der Waals surface area contributed by atoms with Crippen LogP contribution < -0.4 is 0 Å². The maximum absolute atomic E-state index is 12.6. The fourth-order valence-electron chi connectivity index (χ4n) is 1.86.